The highest BCUT2D eigenvalue weighted by molar-refractivity contribution is 5.82. The Morgan fingerprint density at radius 1 is 1.29 bits per heavy atom. The number of aryl methyl sites for hydroxylation is 1. The molecule has 2 nitrogen and oxygen atoms in total. The second-order valence-electron chi connectivity index (χ2n) is 4.18. The van der Waals surface area contributed by atoms with Crippen LogP contribution in [-0.4, -0.2) is 17.5 Å². The van der Waals surface area contributed by atoms with Gasteiger partial charge in [0.15, 0.2) is 0 Å². The van der Waals surface area contributed by atoms with E-state index in [1.807, 2.05) is 24.3 Å². The average Bonchev–Trinajstić information content (AvgIpc) is 2.28. The van der Waals surface area contributed by atoms with Gasteiger partial charge >= 0.3 is 0 Å². The van der Waals surface area contributed by atoms with Crippen LogP contribution in [0.3, 0.4) is 0 Å². The summed E-state index contributed by atoms with van der Waals surface area (Å²) in [5.74, 6) is -2.86. The molecular weight excluding hydrogens is 222 g/mol. The molecule has 0 bridgehead atoms. The first kappa shape index (κ1) is 11.9. The van der Waals surface area contributed by atoms with Crippen molar-refractivity contribution >= 4 is 10.9 Å². The minimum atomic E-state index is -2.86. The van der Waals surface area contributed by atoms with Crippen LogP contribution in [0.25, 0.3) is 10.9 Å². The molecule has 0 aliphatic carbocycles. The van der Waals surface area contributed by atoms with Gasteiger partial charge in [-0.05, 0) is 24.6 Å². The molecule has 0 atom stereocenters. The first-order chi connectivity index (χ1) is 8.02. The van der Waals surface area contributed by atoms with Gasteiger partial charge in [0.1, 0.15) is 0 Å². The minimum absolute atomic E-state index is 0.340. The highest BCUT2D eigenvalue weighted by Gasteiger charge is 2.28. The zero-order valence-corrected chi connectivity index (χ0v) is 9.58. The van der Waals surface area contributed by atoms with Crippen LogP contribution in [0.1, 0.15) is 11.3 Å². The quantitative estimate of drug-likeness (QED) is 0.889. The molecule has 1 aromatic carbocycles. The van der Waals surface area contributed by atoms with E-state index in [4.69, 9.17) is 5.73 Å². The molecule has 2 aromatic rings. The lowest BCUT2D eigenvalue weighted by atomic mass is 10.0. The smallest absolute Gasteiger partial charge is 0.264 e. The third-order valence-corrected chi connectivity index (χ3v) is 2.68. The van der Waals surface area contributed by atoms with Gasteiger partial charge in [-0.15, -0.1) is 0 Å². The first-order valence-electron chi connectivity index (χ1n) is 5.45. The number of para-hydroxylation sites is 1. The van der Waals surface area contributed by atoms with Crippen molar-refractivity contribution in [3.8, 4) is 0 Å². The Kier molecular flexibility index (Phi) is 3.07. The van der Waals surface area contributed by atoms with Gasteiger partial charge in [-0.25, -0.2) is 8.78 Å². The van der Waals surface area contributed by atoms with Crippen molar-refractivity contribution in [1.82, 2.24) is 4.98 Å². The van der Waals surface area contributed by atoms with E-state index in [0.29, 0.717) is 5.56 Å². The summed E-state index contributed by atoms with van der Waals surface area (Å²) in [5, 5.41) is 0.770. The maximum absolute atomic E-state index is 13.4. The Labute approximate surface area is 98.5 Å². The molecule has 2 rings (SSSR count). The van der Waals surface area contributed by atoms with E-state index in [9.17, 15) is 8.78 Å². The summed E-state index contributed by atoms with van der Waals surface area (Å²) in [6, 6.07) is 9.01. The van der Waals surface area contributed by atoms with Gasteiger partial charge in [0.25, 0.3) is 5.92 Å². The number of hydrogen-bond acceptors (Lipinski definition) is 2. The van der Waals surface area contributed by atoms with Gasteiger partial charge in [-0.1, -0.05) is 18.2 Å². The lowest BCUT2D eigenvalue weighted by molar-refractivity contribution is 0.0118. The average molecular weight is 236 g/mol. The summed E-state index contributed by atoms with van der Waals surface area (Å²) >= 11 is 0. The molecule has 17 heavy (non-hydrogen) atoms. The Balaban J connectivity index is 2.53. The fourth-order valence-corrected chi connectivity index (χ4v) is 1.89. The van der Waals surface area contributed by atoms with E-state index in [1.165, 1.54) is 0 Å². The second-order valence-corrected chi connectivity index (χ2v) is 4.18. The van der Waals surface area contributed by atoms with Crippen molar-refractivity contribution in [3.05, 3.63) is 41.6 Å². The van der Waals surface area contributed by atoms with Crippen molar-refractivity contribution in [2.45, 2.75) is 19.3 Å². The maximum Gasteiger partial charge on any atom is 0.264 e. The number of pyridine rings is 1. The van der Waals surface area contributed by atoms with Crippen molar-refractivity contribution < 1.29 is 8.78 Å². The Morgan fingerprint density at radius 3 is 2.71 bits per heavy atom. The van der Waals surface area contributed by atoms with E-state index < -0.39 is 12.5 Å². The number of fused-ring (bicyclic) bond motifs is 1. The van der Waals surface area contributed by atoms with Crippen LogP contribution in [0.5, 0.6) is 0 Å². The summed E-state index contributed by atoms with van der Waals surface area (Å²) in [6.07, 6.45) is -0.340. The zero-order valence-electron chi connectivity index (χ0n) is 9.58. The lowest BCUT2D eigenvalue weighted by Gasteiger charge is -2.15. The van der Waals surface area contributed by atoms with Gasteiger partial charge < -0.3 is 5.73 Å². The summed E-state index contributed by atoms with van der Waals surface area (Å²) in [7, 11) is 0. The molecule has 0 spiro atoms. The zero-order chi connectivity index (χ0) is 12.5. The van der Waals surface area contributed by atoms with E-state index in [1.54, 1.807) is 13.0 Å². The molecule has 4 heteroatoms. The third kappa shape index (κ3) is 2.58. The molecule has 90 valence electrons. The molecule has 1 aromatic heterocycles. The monoisotopic (exact) mass is 236 g/mol. The number of rotatable bonds is 3. The molecule has 0 amide bonds. The molecule has 0 saturated heterocycles. The molecule has 1 heterocycles. The Hall–Kier alpha value is -1.55. The van der Waals surface area contributed by atoms with Gasteiger partial charge in [-0.3, -0.25) is 4.98 Å². The highest BCUT2D eigenvalue weighted by atomic mass is 19.3. The number of alkyl halides is 2. The predicted octanol–water partition coefficient (Wildman–Crippen LogP) is 2.68. The normalized spacial score (nSPS) is 12.0. The van der Waals surface area contributed by atoms with Crippen LogP contribution >= 0.6 is 0 Å². The van der Waals surface area contributed by atoms with E-state index in [2.05, 4.69) is 4.98 Å². The third-order valence-electron chi connectivity index (χ3n) is 2.68. The minimum Gasteiger partial charge on any atom is -0.325 e. The predicted molar refractivity (Wildman–Crippen MR) is 64.2 cm³/mol. The summed E-state index contributed by atoms with van der Waals surface area (Å²) in [4.78, 5) is 4.32. The van der Waals surface area contributed by atoms with Crippen LogP contribution < -0.4 is 5.73 Å². The van der Waals surface area contributed by atoms with Crippen LogP contribution in [0.4, 0.5) is 8.78 Å². The second kappa shape index (κ2) is 4.37. The summed E-state index contributed by atoms with van der Waals surface area (Å²) in [6.45, 7) is 1.17. The number of hydrogen-bond donors (Lipinski definition) is 1. The largest absolute Gasteiger partial charge is 0.325 e. The highest BCUT2D eigenvalue weighted by Crippen LogP contribution is 2.25. The van der Waals surface area contributed by atoms with Crippen molar-refractivity contribution in [1.29, 1.82) is 0 Å². The van der Waals surface area contributed by atoms with Crippen LogP contribution in [0.15, 0.2) is 30.3 Å². The summed E-state index contributed by atoms with van der Waals surface area (Å²) < 4.78 is 26.7. The molecule has 0 radical (unpaired) electrons. The SMILES string of the molecule is Cc1cc(CC(F)(F)CN)c2ccccc2n1. The van der Waals surface area contributed by atoms with Gasteiger partial charge in [-0.2, -0.15) is 0 Å². The number of aromatic nitrogens is 1. The Morgan fingerprint density at radius 2 is 2.00 bits per heavy atom. The van der Waals surface area contributed by atoms with Crippen molar-refractivity contribution in [2.24, 2.45) is 5.73 Å². The fourth-order valence-electron chi connectivity index (χ4n) is 1.89. The van der Waals surface area contributed by atoms with E-state index >= 15 is 0 Å². The molecule has 0 saturated carbocycles. The van der Waals surface area contributed by atoms with Crippen LogP contribution in [0.2, 0.25) is 0 Å². The molecular formula is C13H14F2N2. The van der Waals surface area contributed by atoms with Crippen molar-refractivity contribution in [2.75, 3.05) is 6.54 Å². The first-order valence-corrected chi connectivity index (χ1v) is 5.45. The number of nitrogens with two attached hydrogens (primary N) is 1. The number of halogens is 2. The molecule has 0 unspecified atom stereocenters. The summed E-state index contributed by atoms with van der Waals surface area (Å²) in [5.41, 5.74) is 7.16. The standard InChI is InChI=1S/C13H14F2N2/c1-9-6-10(7-13(14,15)8-16)11-4-2-3-5-12(11)17-9/h2-6H,7-8,16H2,1H3. The van der Waals surface area contributed by atoms with Crippen LogP contribution in [0, 0.1) is 6.92 Å². The van der Waals surface area contributed by atoms with E-state index in [0.717, 1.165) is 16.6 Å². The van der Waals surface area contributed by atoms with Gasteiger partial charge in [0, 0.05) is 17.5 Å². The molecule has 0 aliphatic rings. The number of benzene rings is 1. The number of nitrogens with zero attached hydrogens (tertiary/aromatic N) is 1. The Bertz CT molecular complexity index is 538. The lowest BCUT2D eigenvalue weighted by Crippen LogP contribution is -2.30. The van der Waals surface area contributed by atoms with Crippen molar-refractivity contribution in [3.63, 3.8) is 0 Å². The van der Waals surface area contributed by atoms with E-state index in [-0.39, 0.29) is 6.42 Å². The molecule has 0 aliphatic heterocycles. The van der Waals surface area contributed by atoms with Gasteiger partial charge in [0.2, 0.25) is 0 Å². The van der Waals surface area contributed by atoms with Crippen LogP contribution in [-0.2, 0) is 6.42 Å². The maximum atomic E-state index is 13.4. The fraction of sp³-hybridized carbons (Fsp3) is 0.308. The molecule has 2 N–H and O–H groups in total. The molecule has 0 fully saturated rings. The van der Waals surface area contributed by atoms with Gasteiger partial charge in [0.05, 0.1) is 12.1 Å². The topological polar surface area (TPSA) is 38.9 Å².